The van der Waals surface area contributed by atoms with E-state index in [9.17, 15) is 4.79 Å². The van der Waals surface area contributed by atoms with Gasteiger partial charge in [0.25, 0.3) is 0 Å². The molecule has 7 heteroatoms. The van der Waals surface area contributed by atoms with Crippen LogP contribution in [0.15, 0.2) is 41.7 Å². The molecule has 1 amide bonds. The second kappa shape index (κ2) is 8.03. The minimum atomic E-state index is 0.0609. The first kappa shape index (κ1) is 18.0. The van der Waals surface area contributed by atoms with Gasteiger partial charge in [-0.15, -0.1) is 0 Å². The Kier molecular flexibility index (Phi) is 5.55. The molecule has 0 radical (unpaired) electrons. The van der Waals surface area contributed by atoms with Crippen LogP contribution in [0.2, 0.25) is 0 Å². The summed E-state index contributed by atoms with van der Waals surface area (Å²) in [7, 11) is 1.85. The van der Waals surface area contributed by atoms with Crippen molar-refractivity contribution in [2.45, 2.75) is 20.4 Å². The SMILES string of the molecule is CCNC(=NCc1ccccc1C)N1CCN(c2cnn(C)c2)C(=O)C1. The molecule has 1 aliphatic rings. The number of piperazine rings is 1. The largest absolute Gasteiger partial charge is 0.356 e. The molecule has 1 aromatic heterocycles. The topological polar surface area (TPSA) is 65.8 Å². The average molecular weight is 354 g/mol. The van der Waals surface area contributed by atoms with Gasteiger partial charge in [-0.1, -0.05) is 24.3 Å². The van der Waals surface area contributed by atoms with Crippen LogP contribution >= 0.6 is 0 Å². The van der Waals surface area contributed by atoms with Crippen LogP contribution in [0, 0.1) is 6.92 Å². The summed E-state index contributed by atoms with van der Waals surface area (Å²) >= 11 is 0. The van der Waals surface area contributed by atoms with Crippen molar-refractivity contribution >= 4 is 17.6 Å². The van der Waals surface area contributed by atoms with Crippen molar-refractivity contribution in [2.24, 2.45) is 12.0 Å². The molecule has 26 heavy (non-hydrogen) atoms. The smallest absolute Gasteiger partial charge is 0.246 e. The van der Waals surface area contributed by atoms with Crippen molar-refractivity contribution in [2.75, 3.05) is 31.1 Å². The predicted molar refractivity (Wildman–Crippen MR) is 103 cm³/mol. The lowest BCUT2D eigenvalue weighted by molar-refractivity contribution is -0.120. The van der Waals surface area contributed by atoms with Gasteiger partial charge in [0.2, 0.25) is 5.91 Å². The number of guanidine groups is 1. The normalized spacial score (nSPS) is 15.5. The van der Waals surface area contributed by atoms with Crippen molar-refractivity contribution in [3.8, 4) is 0 Å². The number of carbonyl (C=O) groups excluding carboxylic acids is 1. The summed E-state index contributed by atoms with van der Waals surface area (Å²) in [5.74, 6) is 0.848. The van der Waals surface area contributed by atoms with Gasteiger partial charge in [0.05, 0.1) is 18.4 Å². The van der Waals surface area contributed by atoms with Gasteiger partial charge >= 0.3 is 0 Å². The number of anilines is 1. The fraction of sp³-hybridized carbons (Fsp3) is 0.421. The molecule has 0 saturated carbocycles. The van der Waals surface area contributed by atoms with Gasteiger partial charge in [-0.3, -0.25) is 9.48 Å². The van der Waals surface area contributed by atoms with Gasteiger partial charge in [0.15, 0.2) is 5.96 Å². The second-order valence-corrected chi connectivity index (χ2v) is 6.44. The minimum Gasteiger partial charge on any atom is -0.356 e. The van der Waals surface area contributed by atoms with Crippen molar-refractivity contribution in [1.82, 2.24) is 20.0 Å². The van der Waals surface area contributed by atoms with Crippen LogP contribution in [0.25, 0.3) is 0 Å². The molecule has 7 nitrogen and oxygen atoms in total. The summed E-state index contributed by atoms with van der Waals surface area (Å²) in [6.07, 6.45) is 3.59. The molecule has 1 saturated heterocycles. The average Bonchev–Trinajstić information content (AvgIpc) is 3.06. The van der Waals surface area contributed by atoms with E-state index in [2.05, 4.69) is 29.5 Å². The summed E-state index contributed by atoms with van der Waals surface area (Å²) < 4.78 is 1.71. The Morgan fingerprint density at radius 2 is 2.12 bits per heavy atom. The third kappa shape index (κ3) is 4.04. The Morgan fingerprint density at radius 3 is 2.77 bits per heavy atom. The quantitative estimate of drug-likeness (QED) is 0.668. The van der Waals surface area contributed by atoms with Crippen LogP contribution in [-0.2, 0) is 18.4 Å². The van der Waals surface area contributed by atoms with Gasteiger partial charge in [-0.2, -0.15) is 5.10 Å². The molecule has 2 heterocycles. The lowest BCUT2D eigenvalue weighted by atomic mass is 10.1. The number of benzene rings is 1. The summed E-state index contributed by atoms with van der Waals surface area (Å²) in [5, 5.41) is 7.46. The number of aromatic nitrogens is 2. The highest BCUT2D eigenvalue weighted by molar-refractivity contribution is 5.98. The van der Waals surface area contributed by atoms with Gasteiger partial charge in [-0.05, 0) is 25.0 Å². The van der Waals surface area contributed by atoms with Crippen LogP contribution < -0.4 is 10.2 Å². The number of hydrogen-bond donors (Lipinski definition) is 1. The molecular weight excluding hydrogens is 328 g/mol. The molecule has 1 N–H and O–H groups in total. The molecule has 0 spiro atoms. The predicted octanol–water partition coefficient (Wildman–Crippen LogP) is 1.54. The molecule has 2 aromatic rings. The van der Waals surface area contributed by atoms with E-state index in [-0.39, 0.29) is 5.91 Å². The molecular formula is C19H26N6O. The van der Waals surface area contributed by atoms with E-state index in [1.165, 1.54) is 11.1 Å². The Balaban J connectivity index is 1.70. The van der Waals surface area contributed by atoms with Crippen LogP contribution in [0.3, 0.4) is 0 Å². The molecule has 1 aliphatic heterocycles. The highest BCUT2D eigenvalue weighted by Crippen LogP contribution is 2.16. The number of aryl methyl sites for hydroxylation is 2. The van der Waals surface area contributed by atoms with Crippen molar-refractivity contribution in [1.29, 1.82) is 0 Å². The molecule has 0 bridgehead atoms. The number of nitrogens with zero attached hydrogens (tertiary/aromatic N) is 5. The first-order chi connectivity index (χ1) is 12.6. The van der Waals surface area contributed by atoms with Gasteiger partial charge < -0.3 is 15.1 Å². The lowest BCUT2D eigenvalue weighted by Crippen LogP contribution is -2.55. The molecule has 0 atom stereocenters. The maximum atomic E-state index is 12.6. The Bertz CT molecular complexity index is 797. The van der Waals surface area contributed by atoms with Gasteiger partial charge in [-0.25, -0.2) is 4.99 Å². The van der Waals surface area contributed by atoms with Crippen LogP contribution in [0.1, 0.15) is 18.1 Å². The van der Waals surface area contributed by atoms with Gasteiger partial charge in [0.1, 0.15) is 6.54 Å². The monoisotopic (exact) mass is 354 g/mol. The first-order valence-corrected chi connectivity index (χ1v) is 8.95. The molecule has 0 unspecified atom stereocenters. The summed E-state index contributed by atoms with van der Waals surface area (Å²) in [6.45, 7) is 7.18. The zero-order valence-electron chi connectivity index (χ0n) is 15.6. The first-order valence-electron chi connectivity index (χ1n) is 8.95. The third-order valence-corrected chi connectivity index (χ3v) is 4.52. The van der Waals surface area contributed by atoms with E-state index in [0.717, 1.165) is 24.7 Å². The number of amides is 1. The zero-order valence-corrected chi connectivity index (χ0v) is 15.6. The number of rotatable bonds is 4. The van der Waals surface area contributed by atoms with E-state index in [1.54, 1.807) is 15.8 Å². The van der Waals surface area contributed by atoms with E-state index in [0.29, 0.717) is 19.6 Å². The Hall–Kier alpha value is -2.83. The zero-order chi connectivity index (χ0) is 18.5. The summed E-state index contributed by atoms with van der Waals surface area (Å²) in [5.41, 5.74) is 3.27. The number of carbonyl (C=O) groups is 1. The molecule has 0 aliphatic carbocycles. The van der Waals surface area contributed by atoms with E-state index >= 15 is 0 Å². The number of nitrogens with one attached hydrogen (secondary N) is 1. The maximum Gasteiger partial charge on any atom is 0.246 e. The molecule has 1 aromatic carbocycles. The Morgan fingerprint density at radius 1 is 1.31 bits per heavy atom. The van der Waals surface area contributed by atoms with Gasteiger partial charge in [0, 0.05) is 32.9 Å². The van der Waals surface area contributed by atoms with Crippen molar-refractivity contribution in [3.63, 3.8) is 0 Å². The minimum absolute atomic E-state index is 0.0609. The number of hydrogen-bond acceptors (Lipinski definition) is 3. The van der Waals surface area contributed by atoms with Crippen LogP contribution in [0.5, 0.6) is 0 Å². The summed E-state index contributed by atoms with van der Waals surface area (Å²) in [6, 6.07) is 8.24. The number of aliphatic imine (C=N–C) groups is 1. The highest BCUT2D eigenvalue weighted by atomic mass is 16.2. The molecule has 3 rings (SSSR count). The van der Waals surface area contributed by atoms with E-state index in [4.69, 9.17) is 4.99 Å². The third-order valence-electron chi connectivity index (χ3n) is 4.52. The molecule has 138 valence electrons. The second-order valence-electron chi connectivity index (χ2n) is 6.44. The molecule has 1 fully saturated rings. The summed E-state index contributed by atoms with van der Waals surface area (Å²) in [4.78, 5) is 21.2. The van der Waals surface area contributed by atoms with Crippen LogP contribution in [-0.4, -0.2) is 52.7 Å². The fourth-order valence-electron chi connectivity index (χ4n) is 3.05. The van der Waals surface area contributed by atoms with Crippen molar-refractivity contribution < 1.29 is 4.79 Å². The van der Waals surface area contributed by atoms with Crippen LogP contribution in [0.4, 0.5) is 5.69 Å². The lowest BCUT2D eigenvalue weighted by Gasteiger charge is -2.35. The Labute approximate surface area is 154 Å². The van der Waals surface area contributed by atoms with Crippen molar-refractivity contribution in [3.05, 3.63) is 47.8 Å². The van der Waals surface area contributed by atoms with E-state index in [1.807, 2.05) is 37.2 Å². The van der Waals surface area contributed by atoms with E-state index < -0.39 is 0 Å². The standard InChI is InChI=1S/C19H26N6O/c1-4-20-19(21-11-16-8-6-5-7-15(16)2)24-9-10-25(18(26)14-24)17-12-22-23(3)13-17/h5-8,12-13H,4,9-11,14H2,1-3H3,(H,20,21). The highest BCUT2D eigenvalue weighted by Gasteiger charge is 2.27. The maximum absolute atomic E-state index is 12.6. The fourth-order valence-corrected chi connectivity index (χ4v) is 3.05.